The predicted octanol–water partition coefficient (Wildman–Crippen LogP) is 2.83. The first kappa shape index (κ1) is 15.4. The molecule has 1 aromatic carbocycles. The topological polar surface area (TPSA) is 84.2 Å². The molecule has 0 atom stereocenters. The SMILES string of the molecule is CC(C)(C)OC(=O)N1Cc2nc(Cc3ccc(N)cc3)[nH]c2C1. The first-order valence-electron chi connectivity index (χ1n) is 7.69. The summed E-state index contributed by atoms with van der Waals surface area (Å²) < 4.78 is 5.39. The van der Waals surface area contributed by atoms with Crippen molar-refractivity contribution in [3.63, 3.8) is 0 Å². The zero-order valence-electron chi connectivity index (χ0n) is 13.7. The Morgan fingerprint density at radius 2 is 2.00 bits per heavy atom. The van der Waals surface area contributed by atoms with Crippen molar-refractivity contribution < 1.29 is 9.53 Å². The number of nitrogens with two attached hydrogens (primary N) is 1. The first-order valence-corrected chi connectivity index (χ1v) is 7.69. The lowest BCUT2D eigenvalue weighted by Gasteiger charge is -2.24. The summed E-state index contributed by atoms with van der Waals surface area (Å²) in [5, 5.41) is 0. The number of nitrogens with zero attached hydrogens (tertiary/aromatic N) is 2. The third-order valence-corrected chi connectivity index (χ3v) is 3.61. The quantitative estimate of drug-likeness (QED) is 0.835. The average Bonchev–Trinajstić information content (AvgIpc) is 2.97. The van der Waals surface area contributed by atoms with Gasteiger partial charge in [0.05, 0.1) is 24.5 Å². The Kier molecular flexibility index (Phi) is 3.75. The summed E-state index contributed by atoms with van der Waals surface area (Å²) in [5.74, 6) is 0.906. The number of ether oxygens (including phenoxy) is 1. The van der Waals surface area contributed by atoms with E-state index in [4.69, 9.17) is 10.5 Å². The molecule has 122 valence electrons. The maximum atomic E-state index is 12.1. The molecule has 0 spiro atoms. The molecule has 6 heteroatoms. The maximum absolute atomic E-state index is 12.1. The molecule has 0 unspecified atom stereocenters. The van der Waals surface area contributed by atoms with Gasteiger partial charge in [-0.05, 0) is 38.5 Å². The van der Waals surface area contributed by atoms with Crippen molar-refractivity contribution in [3.8, 4) is 0 Å². The molecule has 0 aliphatic carbocycles. The third-order valence-electron chi connectivity index (χ3n) is 3.61. The highest BCUT2D eigenvalue weighted by Crippen LogP contribution is 2.23. The zero-order valence-corrected chi connectivity index (χ0v) is 13.7. The number of hydrogen-bond donors (Lipinski definition) is 2. The smallest absolute Gasteiger partial charge is 0.410 e. The van der Waals surface area contributed by atoms with Gasteiger partial charge in [0.1, 0.15) is 11.4 Å². The molecular weight excluding hydrogens is 292 g/mol. The van der Waals surface area contributed by atoms with Crippen LogP contribution in [0.5, 0.6) is 0 Å². The number of amides is 1. The van der Waals surface area contributed by atoms with Gasteiger partial charge in [-0.2, -0.15) is 0 Å². The molecule has 1 aliphatic heterocycles. The molecule has 23 heavy (non-hydrogen) atoms. The molecule has 6 nitrogen and oxygen atoms in total. The molecule has 3 N–H and O–H groups in total. The zero-order chi connectivity index (χ0) is 16.6. The molecule has 2 heterocycles. The van der Waals surface area contributed by atoms with E-state index in [1.807, 2.05) is 45.0 Å². The highest BCUT2D eigenvalue weighted by atomic mass is 16.6. The molecule has 1 aliphatic rings. The number of fused-ring (bicyclic) bond motifs is 1. The number of anilines is 1. The maximum Gasteiger partial charge on any atom is 0.410 e. The number of imidazole rings is 1. The monoisotopic (exact) mass is 314 g/mol. The standard InChI is InChI=1S/C17H22N4O2/c1-17(2,3)23-16(22)21-9-13-14(10-21)20-15(19-13)8-11-4-6-12(18)7-5-11/h4-7H,8-10,18H2,1-3H3,(H,19,20). The van der Waals surface area contributed by atoms with E-state index in [1.54, 1.807) is 4.90 Å². The van der Waals surface area contributed by atoms with Crippen molar-refractivity contribution in [1.29, 1.82) is 0 Å². The number of hydrogen-bond acceptors (Lipinski definition) is 4. The van der Waals surface area contributed by atoms with Crippen LogP contribution in [0.25, 0.3) is 0 Å². The Bertz CT molecular complexity index is 690. The Balaban J connectivity index is 1.64. The summed E-state index contributed by atoms with van der Waals surface area (Å²) in [7, 11) is 0. The van der Waals surface area contributed by atoms with E-state index in [2.05, 4.69) is 9.97 Å². The summed E-state index contributed by atoms with van der Waals surface area (Å²) in [4.78, 5) is 21.7. The molecule has 0 fully saturated rings. The third kappa shape index (κ3) is 3.64. The second-order valence-electron chi connectivity index (χ2n) is 6.86. The Morgan fingerprint density at radius 1 is 1.30 bits per heavy atom. The number of aromatic nitrogens is 2. The summed E-state index contributed by atoms with van der Waals surface area (Å²) in [6, 6.07) is 7.76. The number of rotatable bonds is 2. The van der Waals surface area contributed by atoms with Gasteiger partial charge in [0.15, 0.2) is 0 Å². The highest BCUT2D eigenvalue weighted by Gasteiger charge is 2.30. The fourth-order valence-electron chi connectivity index (χ4n) is 2.56. The summed E-state index contributed by atoms with van der Waals surface area (Å²) in [6.45, 7) is 6.59. The lowest BCUT2D eigenvalue weighted by Crippen LogP contribution is -2.33. The Hall–Kier alpha value is -2.50. The average molecular weight is 314 g/mol. The number of H-pyrrole nitrogens is 1. The summed E-state index contributed by atoms with van der Waals surface area (Å²) in [5.41, 5.74) is 9.02. The van der Waals surface area contributed by atoms with Crippen LogP contribution in [-0.4, -0.2) is 26.6 Å². The number of nitrogens with one attached hydrogen (secondary N) is 1. The minimum atomic E-state index is -0.485. The van der Waals surface area contributed by atoms with Gasteiger partial charge in [0.25, 0.3) is 0 Å². The van der Waals surface area contributed by atoms with E-state index in [0.717, 1.165) is 34.9 Å². The molecular formula is C17H22N4O2. The van der Waals surface area contributed by atoms with Crippen LogP contribution < -0.4 is 5.73 Å². The van der Waals surface area contributed by atoms with Crippen LogP contribution in [0.3, 0.4) is 0 Å². The minimum absolute atomic E-state index is 0.302. The normalized spacial score (nSPS) is 14.0. The van der Waals surface area contributed by atoms with Crippen molar-refractivity contribution in [2.24, 2.45) is 0 Å². The van der Waals surface area contributed by atoms with Crippen LogP contribution in [0.4, 0.5) is 10.5 Å². The van der Waals surface area contributed by atoms with E-state index < -0.39 is 5.60 Å². The van der Waals surface area contributed by atoms with Crippen LogP contribution in [0, 0.1) is 0 Å². The largest absolute Gasteiger partial charge is 0.444 e. The van der Waals surface area contributed by atoms with Gasteiger partial charge < -0.3 is 15.5 Å². The molecule has 0 saturated carbocycles. The minimum Gasteiger partial charge on any atom is -0.444 e. The second kappa shape index (κ2) is 5.61. The van der Waals surface area contributed by atoms with Crippen LogP contribution in [0.2, 0.25) is 0 Å². The van der Waals surface area contributed by atoms with Crippen molar-refractivity contribution in [1.82, 2.24) is 14.9 Å². The van der Waals surface area contributed by atoms with E-state index in [0.29, 0.717) is 13.1 Å². The number of aromatic amines is 1. The van der Waals surface area contributed by atoms with Crippen LogP contribution in [0.1, 0.15) is 43.5 Å². The number of benzene rings is 1. The van der Waals surface area contributed by atoms with E-state index in [9.17, 15) is 4.79 Å². The van der Waals surface area contributed by atoms with Crippen LogP contribution in [0.15, 0.2) is 24.3 Å². The molecule has 1 aromatic heterocycles. The lowest BCUT2D eigenvalue weighted by molar-refractivity contribution is 0.0238. The number of nitrogen functional groups attached to an aromatic ring is 1. The fraction of sp³-hybridized carbons (Fsp3) is 0.412. The van der Waals surface area contributed by atoms with E-state index in [1.165, 1.54) is 0 Å². The molecule has 1 amide bonds. The van der Waals surface area contributed by atoms with Crippen molar-refractivity contribution in [2.45, 2.75) is 45.9 Å². The van der Waals surface area contributed by atoms with Crippen molar-refractivity contribution in [3.05, 3.63) is 47.0 Å². The second-order valence-corrected chi connectivity index (χ2v) is 6.86. The number of carbonyl (C=O) groups is 1. The fourth-order valence-corrected chi connectivity index (χ4v) is 2.56. The van der Waals surface area contributed by atoms with E-state index >= 15 is 0 Å². The lowest BCUT2D eigenvalue weighted by atomic mass is 10.1. The Labute approximate surface area is 135 Å². The van der Waals surface area contributed by atoms with E-state index in [-0.39, 0.29) is 6.09 Å². The summed E-state index contributed by atoms with van der Waals surface area (Å²) in [6.07, 6.45) is 0.420. The summed E-state index contributed by atoms with van der Waals surface area (Å²) >= 11 is 0. The molecule has 0 bridgehead atoms. The predicted molar refractivity (Wildman–Crippen MR) is 87.7 cm³/mol. The Morgan fingerprint density at radius 3 is 2.61 bits per heavy atom. The van der Waals surface area contributed by atoms with Gasteiger partial charge in [-0.3, -0.25) is 4.90 Å². The van der Waals surface area contributed by atoms with Gasteiger partial charge in [-0.25, -0.2) is 9.78 Å². The highest BCUT2D eigenvalue weighted by molar-refractivity contribution is 5.69. The molecule has 0 radical (unpaired) electrons. The van der Waals surface area contributed by atoms with Gasteiger partial charge in [-0.15, -0.1) is 0 Å². The van der Waals surface area contributed by atoms with Gasteiger partial charge in [0.2, 0.25) is 0 Å². The number of carbonyl (C=O) groups excluding carboxylic acids is 1. The van der Waals surface area contributed by atoms with Crippen LogP contribution in [-0.2, 0) is 24.2 Å². The van der Waals surface area contributed by atoms with Crippen LogP contribution >= 0.6 is 0 Å². The molecule has 3 rings (SSSR count). The molecule has 0 saturated heterocycles. The van der Waals surface area contributed by atoms with Gasteiger partial charge in [-0.1, -0.05) is 12.1 Å². The first-order chi connectivity index (χ1) is 10.8. The van der Waals surface area contributed by atoms with Gasteiger partial charge in [0, 0.05) is 12.1 Å². The van der Waals surface area contributed by atoms with Crippen molar-refractivity contribution >= 4 is 11.8 Å². The molecule has 2 aromatic rings. The van der Waals surface area contributed by atoms with Gasteiger partial charge >= 0.3 is 6.09 Å². The van der Waals surface area contributed by atoms with Crippen molar-refractivity contribution in [2.75, 3.05) is 5.73 Å².